The van der Waals surface area contributed by atoms with Crippen LogP contribution in [-0.2, 0) is 11.3 Å². The van der Waals surface area contributed by atoms with Gasteiger partial charge in [-0.2, -0.15) is 0 Å². The Morgan fingerprint density at radius 3 is 2.74 bits per heavy atom. The summed E-state index contributed by atoms with van der Waals surface area (Å²) in [5.74, 6) is -2.81. The number of hydrogen-bond donors (Lipinski definition) is 2. The molecule has 0 aliphatic rings. The minimum absolute atomic E-state index is 0.0783. The first-order chi connectivity index (χ1) is 9.08. The highest BCUT2D eigenvalue weighted by atomic mass is 32.1. The molecule has 2 N–H and O–H groups in total. The van der Waals surface area contributed by atoms with Gasteiger partial charge in [-0.25, -0.2) is 8.78 Å². The first kappa shape index (κ1) is 13.6. The predicted molar refractivity (Wildman–Crippen MR) is 67.9 cm³/mol. The maximum Gasteiger partial charge on any atom is 0.325 e. The molecule has 0 fully saturated rings. The molecule has 1 aromatic heterocycles. The molecule has 0 spiro atoms. The Kier molecular flexibility index (Phi) is 4.24. The first-order valence-corrected chi connectivity index (χ1v) is 6.39. The second kappa shape index (κ2) is 5.90. The molecule has 2 rings (SSSR count). The summed E-state index contributed by atoms with van der Waals surface area (Å²) in [6.45, 7) is 0.311. The molecule has 0 bridgehead atoms. The Hall–Kier alpha value is -1.79. The number of nitrogens with one attached hydrogen (secondary N) is 1. The van der Waals surface area contributed by atoms with Gasteiger partial charge in [0.15, 0.2) is 0 Å². The Labute approximate surface area is 112 Å². The second-order valence-electron chi connectivity index (χ2n) is 3.90. The van der Waals surface area contributed by atoms with Gasteiger partial charge in [-0.3, -0.25) is 10.1 Å². The van der Waals surface area contributed by atoms with Crippen molar-refractivity contribution >= 4 is 17.3 Å². The van der Waals surface area contributed by atoms with Crippen molar-refractivity contribution in [2.24, 2.45) is 0 Å². The minimum atomic E-state index is -1.21. The monoisotopic (exact) mass is 283 g/mol. The molecule has 0 aliphatic heterocycles. The van der Waals surface area contributed by atoms with Crippen molar-refractivity contribution < 1.29 is 18.7 Å². The third kappa shape index (κ3) is 3.36. The zero-order chi connectivity index (χ0) is 13.8. The molecule has 1 aromatic carbocycles. The molecule has 0 aliphatic carbocycles. The number of halogens is 2. The Balaban J connectivity index is 2.17. The van der Waals surface area contributed by atoms with Gasteiger partial charge in [0.05, 0.1) is 0 Å². The normalized spacial score (nSPS) is 12.3. The third-order valence-electron chi connectivity index (χ3n) is 2.58. The molecule has 2 aromatic rings. The largest absolute Gasteiger partial charge is 0.480 e. The van der Waals surface area contributed by atoms with Crippen LogP contribution in [0.1, 0.15) is 16.5 Å². The summed E-state index contributed by atoms with van der Waals surface area (Å²) < 4.78 is 26.4. The molecule has 1 atom stereocenters. The molecule has 0 amide bonds. The van der Waals surface area contributed by atoms with Gasteiger partial charge in [0.1, 0.15) is 17.7 Å². The lowest BCUT2D eigenvalue weighted by atomic mass is 10.1. The van der Waals surface area contributed by atoms with E-state index in [0.717, 1.165) is 17.0 Å². The molecule has 6 heteroatoms. The van der Waals surface area contributed by atoms with E-state index < -0.39 is 23.6 Å². The minimum Gasteiger partial charge on any atom is -0.480 e. The molecule has 1 unspecified atom stereocenters. The molecular weight excluding hydrogens is 272 g/mol. The fourth-order valence-corrected chi connectivity index (χ4v) is 2.34. The summed E-state index contributed by atoms with van der Waals surface area (Å²) in [5.41, 5.74) is -0.0783. The fourth-order valence-electron chi connectivity index (χ4n) is 1.68. The lowest BCUT2D eigenvalue weighted by molar-refractivity contribution is -0.139. The van der Waals surface area contributed by atoms with Crippen LogP contribution in [0.25, 0.3) is 0 Å². The molecule has 19 heavy (non-hydrogen) atoms. The van der Waals surface area contributed by atoms with Crippen LogP contribution in [0.15, 0.2) is 35.7 Å². The van der Waals surface area contributed by atoms with Gasteiger partial charge in [-0.1, -0.05) is 12.1 Å². The van der Waals surface area contributed by atoms with Crippen LogP contribution >= 0.6 is 11.3 Å². The van der Waals surface area contributed by atoms with E-state index in [2.05, 4.69) is 5.32 Å². The summed E-state index contributed by atoms with van der Waals surface area (Å²) in [4.78, 5) is 12.1. The van der Waals surface area contributed by atoms with Gasteiger partial charge < -0.3 is 5.11 Å². The van der Waals surface area contributed by atoms with Crippen LogP contribution in [0.3, 0.4) is 0 Å². The molecule has 100 valence electrons. The van der Waals surface area contributed by atoms with Gasteiger partial charge in [0, 0.05) is 23.1 Å². The predicted octanol–water partition coefficient (Wildman–Crippen LogP) is 2.94. The summed E-state index contributed by atoms with van der Waals surface area (Å²) in [5, 5.41) is 13.7. The van der Waals surface area contributed by atoms with E-state index in [1.165, 1.54) is 11.3 Å². The van der Waals surface area contributed by atoms with Crippen LogP contribution in [0, 0.1) is 11.6 Å². The van der Waals surface area contributed by atoms with E-state index in [1.54, 1.807) is 0 Å². The van der Waals surface area contributed by atoms with Crippen molar-refractivity contribution in [2.45, 2.75) is 12.6 Å². The van der Waals surface area contributed by atoms with E-state index in [4.69, 9.17) is 5.11 Å². The second-order valence-corrected chi connectivity index (χ2v) is 4.93. The Morgan fingerprint density at radius 2 is 2.16 bits per heavy atom. The Bertz CT molecular complexity index is 572. The number of rotatable bonds is 5. The van der Waals surface area contributed by atoms with E-state index in [0.29, 0.717) is 12.6 Å². The number of carboxylic acids is 1. The van der Waals surface area contributed by atoms with E-state index in [-0.39, 0.29) is 5.56 Å². The maximum atomic E-state index is 13.6. The lowest BCUT2D eigenvalue weighted by Gasteiger charge is -2.15. The Morgan fingerprint density at radius 1 is 1.37 bits per heavy atom. The smallest absolute Gasteiger partial charge is 0.325 e. The highest BCUT2D eigenvalue weighted by molar-refractivity contribution is 7.09. The average molecular weight is 283 g/mol. The zero-order valence-electron chi connectivity index (χ0n) is 9.77. The van der Waals surface area contributed by atoms with Crippen molar-refractivity contribution in [3.63, 3.8) is 0 Å². The summed E-state index contributed by atoms with van der Waals surface area (Å²) >= 11 is 1.47. The van der Waals surface area contributed by atoms with Crippen LogP contribution in [-0.4, -0.2) is 11.1 Å². The molecule has 0 radical (unpaired) electrons. The van der Waals surface area contributed by atoms with Crippen molar-refractivity contribution in [3.8, 4) is 0 Å². The average Bonchev–Trinajstić information content (AvgIpc) is 2.84. The summed E-state index contributed by atoms with van der Waals surface area (Å²) in [7, 11) is 0. The van der Waals surface area contributed by atoms with Crippen LogP contribution in [0.4, 0.5) is 8.78 Å². The quantitative estimate of drug-likeness (QED) is 0.887. The van der Waals surface area contributed by atoms with E-state index in [1.807, 2.05) is 17.5 Å². The number of hydrogen-bond acceptors (Lipinski definition) is 3. The van der Waals surface area contributed by atoms with Crippen LogP contribution < -0.4 is 5.32 Å². The van der Waals surface area contributed by atoms with Gasteiger partial charge >= 0.3 is 5.97 Å². The van der Waals surface area contributed by atoms with Crippen molar-refractivity contribution in [2.75, 3.05) is 0 Å². The van der Waals surface area contributed by atoms with Crippen molar-refractivity contribution in [3.05, 3.63) is 57.8 Å². The summed E-state index contributed by atoms with van der Waals surface area (Å²) in [6.07, 6.45) is 0. The molecule has 3 nitrogen and oxygen atoms in total. The van der Waals surface area contributed by atoms with Crippen molar-refractivity contribution in [1.29, 1.82) is 0 Å². The fraction of sp³-hybridized carbons (Fsp3) is 0.154. The number of carbonyl (C=O) groups is 1. The van der Waals surface area contributed by atoms with Crippen LogP contribution in [0.2, 0.25) is 0 Å². The van der Waals surface area contributed by atoms with Crippen LogP contribution in [0.5, 0.6) is 0 Å². The van der Waals surface area contributed by atoms with Gasteiger partial charge in [-0.05, 0) is 17.5 Å². The van der Waals surface area contributed by atoms with Gasteiger partial charge in [0.2, 0.25) is 0 Å². The lowest BCUT2D eigenvalue weighted by Crippen LogP contribution is -2.28. The van der Waals surface area contributed by atoms with Crippen molar-refractivity contribution in [1.82, 2.24) is 5.32 Å². The molecular formula is C13H11F2NO2S. The third-order valence-corrected chi connectivity index (χ3v) is 3.46. The first-order valence-electron chi connectivity index (χ1n) is 5.51. The molecule has 0 saturated carbocycles. The maximum absolute atomic E-state index is 13.6. The van der Waals surface area contributed by atoms with Gasteiger partial charge in [0.25, 0.3) is 0 Å². The number of carboxylic acid groups (broad SMARTS) is 1. The van der Waals surface area contributed by atoms with Gasteiger partial charge in [-0.15, -0.1) is 11.3 Å². The highest BCUT2D eigenvalue weighted by Crippen LogP contribution is 2.20. The van der Waals surface area contributed by atoms with E-state index in [9.17, 15) is 13.6 Å². The zero-order valence-corrected chi connectivity index (χ0v) is 10.6. The highest BCUT2D eigenvalue weighted by Gasteiger charge is 2.22. The molecule has 0 saturated heterocycles. The SMILES string of the molecule is O=C(O)C(NCc1cccs1)c1ccc(F)cc1F. The standard InChI is InChI=1S/C13H11F2NO2S/c14-8-3-4-10(11(15)6-8)12(13(17)18)16-7-9-2-1-5-19-9/h1-6,12,16H,7H2,(H,17,18). The van der Waals surface area contributed by atoms with E-state index >= 15 is 0 Å². The molecule has 1 heterocycles. The topological polar surface area (TPSA) is 49.3 Å². The summed E-state index contributed by atoms with van der Waals surface area (Å²) in [6, 6.07) is 5.35. The number of thiophene rings is 1. The number of benzene rings is 1. The number of aliphatic carboxylic acids is 1.